The van der Waals surface area contributed by atoms with E-state index in [0.717, 1.165) is 0 Å². The zero-order valence-electron chi connectivity index (χ0n) is 8.51. The number of benzene rings is 1. The monoisotopic (exact) mass is 219 g/mol. The van der Waals surface area contributed by atoms with Crippen molar-refractivity contribution in [3.8, 4) is 0 Å². The van der Waals surface area contributed by atoms with Crippen molar-refractivity contribution in [1.82, 2.24) is 5.43 Å². The maximum Gasteiger partial charge on any atom is 0.273 e. The number of nitro benzene ring substituents is 1. The third kappa shape index (κ3) is 1.54. The highest BCUT2D eigenvalue weighted by atomic mass is 16.6. The number of carbonyl (C=O) groups excluding carboxylic acids is 1. The summed E-state index contributed by atoms with van der Waals surface area (Å²) in [5, 5.41) is 14.6. The van der Waals surface area contributed by atoms with Crippen LogP contribution in [0.4, 0.5) is 5.69 Å². The molecule has 0 aromatic heterocycles. The maximum atomic E-state index is 11.5. The molecule has 0 spiro atoms. The summed E-state index contributed by atoms with van der Waals surface area (Å²) in [6.07, 6.45) is 0. The zero-order valence-corrected chi connectivity index (χ0v) is 8.51. The molecule has 1 heterocycles. The number of nitrogens with one attached hydrogen (secondary N) is 1. The van der Waals surface area contributed by atoms with Crippen LogP contribution in [0.5, 0.6) is 0 Å². The van der Waals surface area contributed by atoms with Crippen molar-refractivity contribution in [2.45, 2.75) is 12.8 Å². The van der Waals surface area contributed by atoms with Crippen LogP contribution >= 0.6 is 0 Å². The van der Waals surface area contributed by atoms with Gasteiger partial charge in [0.15, 0.2) is 0 Å². The Bertz CT molecular complexity index is 496. The molecule has 1 aromatic carbocycles. The first-order valence-corrected chi connectivity index (χ1v) is 4.68. The quantitative estimate of drug-likeness (QED) is 0.598. The highest BCUT2D eigenvalue weighted by Crippen LogP contribution is 2.29. The van der Waals surface area contributed by atoms with Crippen molar-refractivity contribution in [2.24, 2.45) is 5.10 Å². The van der Waals surface area contributed by atoms with Gasteiger partial charge in [0, 0.05) is 11.6 Å². The van der Waals surface area contributed by atoms with Crippen molar-refractivity contribution >= 4 is 17.3 Å². The Labute approximate surface area is 91.1 Å². The Morgan fingerprint density at radius 3 is 2.69 bits per heavy atom. The van der Waals surface area contributed by atoms with Crippen molar-refractivity contribution in [1.29, 1.82) is 0 Å². The lowest BCUT2D eigenvalue weighted by Gasteiger charge is -2.08. The van der Waals surface area contributed by atoms with E-state index in [4.69, 9.17) is 0 Å². The van der Waals surface area contributed by atoms with E-state index in [-0.39, 0.29) is 11.6 Å². The lowest BCUT2D eigenvalue weighted by molar-refractivity contribution is -0.385. The Morgan fingerprint density at radius 1 is 1.44 bits per heavy atom. The van der Waals surface area contributed by atoms with Crippen molar-refractivity contribution in [2.75, 3.05) is 0 Å². The molecule has 6 nitrogen and oxygen atoms in total. The summed E-state index contributed by atoms with van der Waals surface area (Å²) in [5.74, 6) is -0.978. The molecule has 2 rings (SSSR count). The topological polar surface area (TPSA) is 84.6 Å². The summed E-state index contributed by atoms with van der Waals surface area (Å²) >= 11 is 0. The summed E-state index contributed by atoms with van der Waals surface area (Å²) in [7, 11) is 0. The number of para-hydroxylation sites is 1. The first-order chi connectivity index (χ1) is 7.61. The molecular formula is C10H9N3O3. The summed E-state index contributed by atoms with van der Waals surface area (Å²) in [4.78, 5) is 21.8. The van der Waals surface area contributed by atoms with Crippen LogP contribution in [0.25, 0.3) is 0 Å². The van der Waals surface area contributed by atoms with Crippen molar-refractivity contribution < 1.29 is 9.72 Å². The Hall–Kier alpha value is -2.24. The number of nitro groups is 1. The molecule has 0 fully saturated rings. The fraction of sp³-hybridized carbons (Fsp3) is 0.200. The molecule has 1 unspecified atom stereocenters. The van der Waals surface area contributed by atoms with E-state index >= 15 is 0 Å². The normalized spacial score (nSPS) is 19.2. The van der Waals surface area contributed by atoms with Gasteiger partial charge in [-0.2, -0.15) is 5.10 Å². The highest BCUT2D eigenvalue weighted by Gasteiger charge is 2.33. The SMILES string of the molecule is CC1=NNC(=O)C1c1ccccc1[N+](=O)[O-]. The molecule has 1 amide bonds. The van der Waals surface area contributed by atoms with Gasteiger partial charge in [-0.1, -0.05) is 18.2 Å². The number of hydrogen-bond acceptors (Lipinski definition) is 4. The molecule has 1 aliphatic rings. The second-order valence-corrected chi connectivity index (χ2v) is 3.48. The van der Waals surface area contributed by atoms with Crippen LogP contribution in [-0.4, -0.2) is 16.5 Å². The van der Waals surface area contributed by atoms with Gasteiger partial charge in [-0.25, -0.2) is 5.43 Å². The second kappa shape index (κ2) is 3.73. The third-order valence-electron chi connectivity index (χ3n) is 2.47. The Kier molecular flexibility index (Phi) is 2.40. The molecule has 82 valence electrons. The number of hydrazone groups is 1. The van der Waals surface area contributed by atoms with Crippen LogP contribution < -0.4 is 5.43 Å². The van der Waals surface area contributed by atoms with Gasteiger partial charge in [-0.15, -0.1) is 0 Å². The van der Waals surface area contributed by atoms with Gasteiger partial charge < -0.3 is 0 Å². The fourth-order valence-electron chi connectivity index (χ4n) is 1.73. The third-order valence-corrected chi connectivity index (χ3v) is 2.47. The molecule has 0 saturated heterocycles. The van der Waals surface area contributed by atoms with E-state index in [9.17, 15) is 14.9 Å². The summed E-state index contributed by atoms with van der Waals surface area (Å²) in [5.41, 5.74) is 3.17. The lowest BCUT2D eigenvalue weighted by Crippen LogP contribution is -2.21. The van der Waals surface area contributed by atoms with Crippen LogP contribution in [0.1, 0.15) is 18.4 Å². The van der Waals surface area contributed by atoms with E-state index in [1.54, 1.807) is 25.1 Å². The number of carbonyl (C=O) groups is 1. The molecule has 0 radical (unpaired) electrons. The minimum absolute atomic E-state index is 0.0564. The summed E-state index contributed by atoms with van der Waals surface area (Å²) in [6.45, 7) is 1.67. The molecule has 16 heavy (non-hydrogen) atoms. The number of hydrogen-bond donors (Lipinski definition) is 1. The Balaban J connectivity index is 2.52. The average molecular weight is 219 g/mol. The van der Waals surface area contributed by atoms with Gasteiger partial charge in [0.2, 0.25) is 0 Å². The van der Waals surface area contributed by atoms with Gasteiger partial charge in [-0.05, 0) is 6.92 Å². The van der Waals surface area contributed by atoms with E-state index in [1.807, 2.05) is 0 Å². The minimum Gasteiger partial charge on any atom is -0.272 e. The van der Waals surface area contributed by atoms with E-state index in [1.165, 1.54) is 6.07 Å². The van der Waals surface area contributed by atoms with E-state index < -0.39 is 10.8 Å². The second-order valence-electron chi connectivity index (χ2n) is 3.48. The fourth-order valence-corrected chi connectivity index (χ4v) is 1.73. The molecule has 1 aromatic rings. The molecule has 0 saturated carbocycles. The van der Waals surface area contributed by atoms with Gasteiger partial charge in [0.25, 0.3) is 11.6 Å². The predicted molar refractivity (Wildman–Crippen MR) is 57.1 cm³/mol. The smallest absolute Gasteiger partial charge is 0.272 e. The zero-order chi connectivity index (χ0) is 11.7. The molecule has 1 N–H and O–H groups in total. The van der Waals surface area contributed by atoms with E-state index in [2.05, 4.69) is 10.5 Å². The summed E-state index contributed by atoms with van der Waals surface area (Å²) < 4.78 is 0. The molecule has 6 heteroatoms. The largest absolute Gasteiger partial charge is 0.273 e. The molecule has 0 aliphatic carbocycles. The standard InChI is InChI=1S/C10H9N3O3/c1-6-9(10(14)12-11-6)7-4-2-3-5-8(7)13(15)16/h2-5,9H,1H3,(H,12,14). The maximum absolute atomic E-state index is 11.5. The first kappa shape index (κ1) is 10.3. The molecule has 0 bridgehead atoms. The van der Waals surface area contributed by atoms with Gasteiger partial charge in [-0.3, -0.25) is 14.9 Å². The van der Waals surface area contributed by atoms with Gasteiger partial charge >= 0.3 is 0 Å². The lowest BCUT2D eigenvalue weighted by atomic mass is 9.93. The van der Waals surface area contributed by atoms with Gasteiger partial charge in [0.05, 0.1) is 10.6 Å². The Morgan fingerprint density at radius 2 is 2.12 bits per heavy atom. The predicted octanol–water partition coefficient (Wildman–Crippen LogP) is 1.18. The van der Waals surface area contributed by atoms with Crippen molar-refractivity contribution in [3.63, 3.8) is 0 Å². The van der Waals surface area contributed by atoms with Crippen LogP contribution in [0, 0.1) is 10.1 Å². The molecule has 1 atom stereocenters. The van der Waals surface area contributed by atoms with Crippen LogP contribution in [0.2, 0.25) is 0 Å². The first-order valence-electron chi connectivity index (χ1n) is 4.68. The van der Waals surface area contributed by atoms with Crippen LogP contribution in [0.3, 0.4) is 0 Å². The number of rotatable bonds is 2. The molecular weight excluding hydrogens is 210 g/mol. The van der Waals surface area contributed by atoms with E-state index in [0.29, 0.717) is 11.3 Å². The minimum atomic E-state index is -0.651. The highest BCUT2D eigenvalue weighted by molar-refractivity contribution is 6.12. The number of amides is 1. The summed E-state index contributed by atoms with van der Waals surface area (Å²) in [6, 6.07) is 6.20. The number of nitrogens with zero attached hydrogens (tertiary/aromatic N) is 2. The van der Waals surface area contributed by atoms with Crippen LogP contribution in [-0.2, 0) is 4.79 Å². The van der Waals surface area contributed by atoms with Gasteiger partial charge in [0.1, 0.15) is 5.92 Å². The van der Waals surface area contributed by atoms with Crippen LogP contribution in [0.15, 0.2) is 29.4 Å². The molecule has 1 aliphatic heterocycles. The average Bonchev–Trinajstić information content (AvgIpc) is 2.58. The van der Waals surface area contributed by atoms with Crippen molar-refractivity contribution in [3.05, 3.63) is 39.9 Å².